The summed E-state index contributed by atoms with van der Waals surface area (Å²) >= 11 is 11.4. The molecule has 15 heavy (non-hydrogen) atoms. The summed E-state index contributed by atoms with van der Waals surface area (Å²) in [7, 11) is 0. The van der Waals surface area contributed by atoms with Crippen LogP contribution in [0.1, 0.15) is 17.3 Å². The maximum Gasteiger partial charge on any atom is 0.339 e. The van der Waals surface area contributed by atoms with Crippen LogP contribution in [0.15, 0.2) is 12.1 Å². The van der Waals surface area contributed by atoms with Gasteiger partial charge in [-0.3, -0.25) is 4.79 Å². The first kappa shape index (κ1) is 11.8. The molecular weight excluding hydrogens is 241 g/mol. The molecule has 2 N–H and O–H groups in total. The van der Waals surface area contributed by atoms with Crippen molar-refractivity contribution < 1.29 is 14.7 Å². The number of carboxylic acids is 1. The normalized spacial score (nSPS) is 9.80. The van der Waals surface area contributed by atoms with Crippen molar-refractivity contribution in [3.8, 4) is 0 Å². The van der Waals surface area contributed by atoms with E-state index in [9.17, 15) is 9.59 Å². The molecule has 0 saturated heterocycles. The largest absolute Gasteiger partial charge is 0.478 e. The van der Waals surface area contributed by atoms with E-state index in [1.54, 1.807) is 0 Å². The van der Waals surface area contributed by atoms with Gasteiger partial charge < -0.3 is 10.4 Å². The predicted octanol–water partition coefficient (Wildman–Crippen LogP) is 2.65. The summed E-state index contributed by atoms with van der Waals surface area (Å²) in [6, 6.07) is 2.78. The molecule has 4 nitrogen and oxygen atoms in total. The third kappa shape index (κ3) is 2.61. The van der Waals surface area contributed by atoms with Crippen LogP contribution in [0.25, 0.3) is 0 Å². The summed E-state index contributed by atoms with van der Waals surface area (Å²) in [6.45, 7) is 1.25. The molecule has 6 heteroatoms. The topological polar surface area (TPSA) is 66.4 Å². The lowest BCUT2D eigenvalue weighted by Gasteiger charge is -2.09. The molecule has 0 radical (unpaired) electrons. The fourth-order valence-corrected chi connectivity index (χ4v) is 1.50. The number of halogens is 2. The van der Waals surface area contributed by atoms with Crippen molar-refractivity contribution >= 4 is 40.8 Å². The van der Waals surface area contributed by atoms with Gasteiger partial charge >= 0.3 is 5.97 Å². The molecule has 1 aromatic rings. The van der Waals surface area contributed by atoms with Crippen molar-refractivity contribution in [3.05, 3.63) is 27.7 Å². The van der Waals surface area contributed by atoms with Crippen LogP contribution in [0.3, 0.4) is 0 Å². The molecule has 80 valence electrons. The Morgan fingerprint density at radius 2 is 1.80 bits per heavy atom. The van der Waals surface area contributed by atoms with Gasteiger partial charge in [0.25, 0.3) is 0 Å². The first-order chi connectivity index (χ1) is 6.93. The maximum absolute atomic E-state index is 10.9. The molecule has 0 aliphatic rings. The lowest BCUT2D eigenvalue weighted by molar-refractivity contribution is -0.114. The van der Waals surface area contributed by atoms with Crippen LogP contribution in [0, 0.1) is 0 Å². The summed E-state index contributed by atoms with van der Waals surface area (Å²) < 4.78 is 0. The lowest BCUT2D eigenvalue weighted by atomic mass is 10.1. The molecule has 1 aromatic carbocycles. The minimum absolute atomic E-state index is 0.0177. The van der Waals surface area contributed by atoms with Gasteiger partial charge in [0.1, 0.15) is 5.56 Å². The Morgan fingerprint density at radius 3 is 2.27 bits per heavy atom. The number of carboxylic acid groups (broad SMARTS) is 1. The first-order valence-electron chi connectivity index (χ1n) is 3.92. The van der Waals surface area contributed by atoms with Crippen molar-refractivity contribution in [1.29, 1.82) is 0 Å². The smallest absolute Gasteiger partial charge is 0.339 e. The zero-order valence-corrected chi connectivity index (χ0v) is 9.19. The molecule has 1 rings (SSSR count). The zero-order valence-electron chi connectivity index (χ0n) is 7.67. The molecule has 0 aromatic heterocycles. The second-order valence-electron chi connectivity index (χ2n) is 2.77. The van der Waals surface area contributed by atoms with Crippen molar-refractivity contribution in [3.63, 3.8) is 0 Å². The third-order valence-corrected chi connectivity index (χ3v) is 2.25. The molecule has 0 aliphatic carbocycles. The first-order valence-corrected chi connectivity index (χ1v) is 4.68. The van der Waals surface area contributed by atoms with E-state index in [1.165, 1.54) is 19.1 Å². The van der Waals surface area contributed by atoms with Crippen molar-refractivity contribution in [2.45, 2.75) is 6.92 Å². The molecule has 0 aliphatic heterocycles. The lowest BCUT2D eigenvalue weighted by Crippen LogP contribution is -2.11. The number of aromatic carboxylic acids is 1. The van der Waals surface area contributed by atoms with E-state index >= 15 is 0 Å². The minimum Gasteiger partial charge on any atom is -0.478 e. The highest BCUT2D eigenvalue weighted by atomic mass is 35.5. The van der Waals surface area contributed by atoms with Gasteiger partial charge in [0.2, 0.25) is 5.91 Å². The second-order valence-corrected chi connectivity index (χ2v) is 3.58. The summed E-state index contributed by atoms with van der Waals surface area (Å²) in [5.74, 6) is -1.66. The number of benzene rings is 1. The van der Waals surface area contributed by atoms with Gasteiger partial charge in [0.15, 0.2) is 0 Å². The molecule has 1 amide bonds. The maximum atomic E-state index is 10.9. The summed E-state index contributed by atoms with van der Waals surface area (Å²) in [6.07, 6.45) is 0. The predicted molar refractivity (Wildman–Crippen MR) is 57.7 cm³/mol. The molecule has 0 unspecified atom stereocenters. The fourth-order valence-electron chi connectivity index (χ4n) is 1.06. The van der Waals surface area contributed by atoms with Crippen LogP contribution >= 0.6 is 23.2 Å². The number of carbonyl (C=O) groups excluding carboxylic acids is 1. The standard InChI is InChI=1S/C9H7Cl2NO3/c1-4(13)12-8-6(11)3-2-5(10)7(8)9(14)15/h2-3H,1H3,(H,12,13)(H,14,15). The van der Waals surface area contributed by atoms with Crippen LogP contribution in [0.4, 0.5) is 5.69 Å². The summed E-state index contributed by atoms with van der Waals surface area (Å²) in [5.41, 5.74) is -0.191. The molecular formula is C9H7Cl2NO3. The van der Waals surface area contributed by atoms with Crippen molar-refractivity contribution in [1.82, 2.24) is 0 Å². The highest BCUT2D eigenvalue weighted by molar-refractivity contribution is 6.38. The number of hydrogen-bond donors (Lipinski definition) is 2. The molecule has 0 bridgehead atoms. The monoisotopic (exact) mass is 247 g/mol. The van der Waals surface area contributed by atoms with Crippen molar-refractivity contribution in [2.75, 3.05) is 5.32 Å². The SMILES string of the molecule is CC(=O)Nc1c(Cl)ccc(Cl)c1C(=O)O. The van der Waals surface area contributed by atoms with E-state index in [-0.39, 0.29) is 21.3 Å². The van der Waals surface area contributed by atoms with Gasteiger partial charge in [-0.15, -0.1) is 0 Å². The van der Waals surface area contributed by atoms with Gasteiger partial charge in [0.05, 0.1) is 15.7 Å². The van der Waals surface area contributed by atoms with E-state index in [0.29, 0.717) is 0 Å². The number of nitrogens with one attached hydrogen (secondary N) is 1. The van der Waals surface area contributed by atoms with Crippen LogP contribution in [-0.2, 0) is 4.79 Å². The number of amides is 1. The molecule has 0 fully saturated rings. The number of carbonyl (C=O) groups is 2. The van der Waals surface area contributed by atoms with Gasteiger partial charge in [-0.25, -0.2) is 4.79 Å². The van der Waals surface area contributed by atoms with E-state index in [4.69, 9.17) is 28.3 Å². The van der Waals surface area contributed by atoms with Crippen LogP contribution < -0.4 is 5.32 Å². The Morgan fingerprint density at radius 1 is 1.27 bits per heavy atom. The van der Waals surface area contributed by atoms with Gasteiger partial charge in [-0.1, -0.05) is 23.2 Å². The third-order valence-electron chi connectivity index (χ3n) is 1.62. The van der Waals surface area contributed by atoms with Gasteiger partial charge in [-0.05, 0) is 12.1 Å². The van der Waals surface area contributed by atoms with Crippen molar-refractivity contribution in [2.24, 2.45) is 0 Å². The number of hydrogen-bond acceptors (Lipinski definition) is 2. The Balaban J connectivity index is 3.38. The highest BCUT2D eigenvalue weighted by Crippen LogP contribution is 2.31. The Kier molecular flexibility index (Phi) is 3.55. The van der Waals surface area contributed by atoms with E-state index in [0.717, 1.165) is 0 Å². The number of rotatable bonds is 2. The molecule has 0 spiro atoms. The number of anilines is 1. The average Bonchev–Trinajstić information content (AvgIpc) is 2.10. The van der Waals surface area contributed by atoms with E-state index < -0.39 is 11.9 Å². The quantitative estimate of drug-likeness (QED) is 0.845. The second kappa shape index (κ2) is 4.51. The van der Waals surface area contributed by atoms with E-state index in [1.807, 2.05) is 0 Å². The van der Waals surface area contributed by atoms with Gasteiger partial charge in [-0.2, -0.15) is 0 Å². The molecule has 0 saturated carbocycles. The Bertz CT molecular complexity index is 432. The van der Waals surface area contributed by atoms with Crippen LogP contribution in [0.2, 0.25) is 10.0 Å². The minimum atomic E-state index is -1.24. The van der Waals surface area contributed by atoms with Crippen LogP contribution in [-0.4, -0.2) is 17.0 Å². The molecule has 0 atom stereocenters. The fraction of sp³-hybridized carbons (Fsp3) is 0.111. The van der Waals surface area contributed by atoms with Gasteiger partial charge in [0, 0.05) is 6.92 Å². The Hall–Kier alpha value is -1.26. The summed E-state index contributed by atoms with van der Waals surface area (Å²) in [5, 5.41) is 11.4. The average molecular weight is 248 g/mol. The molecule has 0 heterocycles. The van der Waals surface area contributed by atoms with Crippen LogP contribution in [0.5, 0.6) is 0 Å². The summed E-state index contributed by atoms with van der Waals surface area (Å²) in [4.78, 5) is 21.7. The van der Waals surface area contributed by atoms with E-state index in [2.05, 4.69) is 5.32 Å². The Labute approximate surface area is 95.8 Å². The zero-order chi connectivity index (χ0) is 11.6. The highest BCUT2D eigenvalue weighted by Gasteiger charge is 2.18.